The van der Waals surface area contributed by atoms with Crippen molar-refractivity contribution in [2.45, 2.75) is 33.0 Å². The van der Waals surface area contributed by atoms with E-state index in [4.69, 9.17) is 18.6 Å². The largest absolute Gasteiger partial charge is 0.484 e. The van der Waals surface area contributed by atoms with Crippen LogP contribution in [0.1, 0.15) is 35.5 Å². The van der Waals surface area contributed by atoms with Crippen molar-refractivity contribution in [1.82, 2.24) is 25.1 Å². The number of hydrogen-bond donors (Lipinski definition) is 1. The Hall–Kier alpha value is -3.56. The average Bonchev–Trinajstić information content (AvgIpc) is 3.45. The molecule has 28 heavy (non-hydrogen) atoms. The molecule has 0 aliphatic carbocycles. The molecule has 0 radical (unpaired) electrons. The fraction of sp³-hybridized carbons (Fsp3) is 0.333. The first-order chi connectivity index (χ1) is 13.7. The molecule has 0 spiro atoms. The van der Waals surface area contributed by atoms with Gasteiger partial charge in [0.25, 0.3) is 5.91 Å². The molecule has 2 aromatic heterocycles. The summed E-state index contributed by atoms with van der Waals surface area (Å²) in [5.41, 5.74) is 0.172. The maximum atomic E-state index is 12.3. The summed E-state index contributed by atoms with van der Waals surface area (Å²) in [7, 11) is 0. The highest BCUT2D eigenvalue weighted by molar-refractivity contribution is 5.91. The third kappa shape index (κ3) is 3.90. The van der Waals surface area contributed by atoms with Crippen molar-refractivity contribution in [3.8, 4) is 17.2 Å². The summed E-state index contributed by atoms with van der Waals surface area (Å²) in [5.74, 6) is 2.51. The summed E-state index contributed by atoms with van der Waals surface area (Å²) in [6.45, 7) is 3.40. The highest BCUT2D eigenvalue weighted by Crippen LogP contribution is 2.35. The molecule has 0 atom stereocenters. The van der Waals surface area contributed by atoms with Crippen LogP contribution >= 0.6 is 0 Å². The minimum absolute atomic E-state index is 0.0811. The summed E-state index contributed by atoms with van der Waals surface area (Å²) >= 11 is 0. The van der Waals surface area contributed by atoms with E-state index in [-0.39, 0.29) is 37.4 Å². The van der Waals surface area contributed by atoms with E-state index in [0.29, 0.717) is 23.1 Å². The zero-order valence-electron chi connectivity index (χ0n) is 15.3. The van der Waals surface area contributed by atoms with Crippen molar-refractivity contribution in [1.29, 1.82) is 0 Å². The van der Waals surface area contributed by atoms with E-state index in [9.17, 15) is 4.79 Å². The molecule has 146 valence electrons. The number of oxazole rings is 1. The van der Waals surface area contributed by atoms with Crippen molar-refractivity contribution in [2.75, 3.05) is 6.79 Å². The van der Waals surface area contributed by atoms with Gasteiger partial charge in [0.15, 0.2) is 29.6 Å². The van der Waals surface area contributed by atoms with Gasteiger partial charge in [-0.2, -0.15) is 0 Å². The summed E-state index contributed by atoms with van der Waals surface area (Å²) in [5, 5.41) is 10.6. The number of aromatic nitrogens is 4. The second-order valence-corrected chi connectivity index (χ2v) is 6.05. The molecule has 4 rings (SSSR count). The topological polar surface area (TPSA) is 114 Å². The molecule has 0 unspecified atom stereocenters. The van der Waals surface area contributed by atoms with Crippen molar-refractivity contribution >= 4 is 5.91 Å². The molecule has 1 aromatic carbocycles. The van der Waals surface area contributed by atoms with Gasteiger partial charge in [0.2, 0.25) is 12.7 Å². The molecule has 0 fully saturated rings. The van der Waals surface area contributed by atoms with Crippen LogP contribution in [0.15, 0.2) is 35.2 Å². The van der Waals surface area contributed by atoms with E-state index >= 15 is 0 Å². The van der Waals surface area contributed by atoms with Gasteiger partial charge in [-0.05, 0) is 18.6 Å². The first-order valence-electron chi connectivity index (χ1n) is 8.84. The van der Waals surface area contributed by atoms with Crippen molar-refractivity contribution < 1.29 is 23.4 Å². The molecule has 1 N–H and O–H groups in total. The molecule has 3 heterocycles. The number of carbonyl (C=O) groups excluding carboxylic acids is 1. The van der Waals surface area contributed by atoms with Crippen LogP contribution in [0.4, 0.5) is 0 Å². The predicted octanol–water partition coefficient (Wildman–Crippen LogP) is 1.91. The molecule has 3 aromatic rings. The minimum atomic E-state index is -0.357. The van der Waals surface area contributed by atoms with Gasteiger partial charge < -0.3 is 28.5 Å². The zero-order valence-corrected chi connectivity index (χ0v) is 15.3. The maximum absolute atomic E-state index is 12.3. The molecule has 1 amide bonds. The Morgan fingerprint density at radius 1 is 1.32 bits per heavy atom. The number of carbonyl (C=O) groups is 1. The lowest BCUT2D eigenvalue weighted by Crippen LogP contribution is -2.25. The summed E-state index contributed by atoms with van der Waals surface area (Å²) in [4.78, 5) is 16.4. The fourth-order valence-corrected chi connectivity index (χ4v) is 2.69. The van der Waals surface area contributed by atoms with Crippen LogP contribution in [0, 0.1) is 0 Å². The van der Waals surface area contributed by atoms with Crippen molar-refractivity contribution in [2.24, 2.45) is 0 Å². The van der Waals surface area contributed by atoms with E-state index in [1.54, 1.807) is 24.5 Å². The first-order valence-corrected chi connectivity index (χ1v) is 8.84. The Kier molecular flexibility index (Phi) is 5.09. The van der Waals surface area contributed by atoms with Gasteiger partial charge in [-0.1, -0.05) is 6.92 Å². The second kappa shape index (κ2) is 7.99. The molecule has 10 heteroatoms. The number of rotatable bonds is 8. The third-order valence-electron chi connectivity index (χ3n) is 4.06. The predicted molar refractivity (Wildman–Crippen MR) is 94.9 cm³/mol. The lowest BCUT2D eigenvalue weighted by atomic mass is 10.3. The molecule has 1 aliphatic rings. The minimum Gasteiger partial charge on any atom is -0.484 e. The van der Waals surface area contributed by atoms with Crippen molar-refractivity contribution in [3.63, 3.8) is 0 Å². The highest BCUT2D eigenvalue weighted by atomic mass is 16.7. The lowest BCUT2D eigenvalue weighted by molar-refractivity contribution is 0.0944. The van der Waals surface area contributed by atoms with Gasteiger partial charge >= 0.3 is 0 Å². The van der Waals surface area contributed by atoms with Crippen LogP contribution in [-0.4, -0.2) is 32.4 Å². The number of ether oxygens (including phenoxy) is 3. The SMILES string of the molecule is CCCn1cnnc1CNC(=O)c1coc(COc2ccc3c(c2)OCO3)n1. The summed E-state index contributed by atoms with van der Waals surface area (Å²) in [6, 6.07) is 5.26. The Balaban J connectivity index is 1.31. The fourth-order valence-electron chi connectivity index (χ4n) is 2.69. The number of amides is 1. The molecule has 0 saturated heterocycles. The standard InChI is InChI=1S/C18H19N5O5/c1-2-5-23-10-20-22-16(23)7-19-18(24)13-8-26-17(21-13)9-25-12-3-4-14-15(6-12)28-11-27-14/h3-4,6,8,10H,2,5,7,9,11H2,1H3,(H,19,24). The number of fused-ring (bicyclic) bond motifs is 1. The van der Waals surface area contributed by atoms with Crippen LogP contribution in [0.2, 0.25) is 0 Å². The molecular weight excluding hydrogens is 366 g/mol. The monoisotopic (exact) mass is 385 g/mol. The van der Waals surface area contributed by atoms with Crippen LogP contribution in [0.3, 0.4) is 0 Å². The number of nitrogens with one attached hydrogen (secondary N) is 1. The number of hydrogen-bond acceptors (Lipinski definition) is 8. The van der Waals surface area contributed by atoms with Gasteiger partial charge in [-0.3, -0.25) is 4.79 Å². The lowest BCUT2D eigenvalue weighted by Gasteiger charge is -2.05. The van der Waals surface area contributed by atoms with Crippen molar-refractivity contribution in [3.05, 3.63) is 48.2 Å². The summed E-state index contributed by atoms with van der Waals surface area (Å²) in [6.07, 6.45) is 3.89. The normalized spacial score (nSPS) is 12.2. The van der Waals surface area contributed by atoms with Crippen LogP contribution in [0.25, 0.3) is 0 Å². The van der Waals surface area contributed by atoms with Gasteiger partial charge in [-0.15, -0.1) is 10.2 Å². The van der Waals surface area contributed by atoms with E-state index in [2.05, 4.69) is 27.4 Å². The number of aryl methyl sites for hydroxylation is 1. The summed E-state index contributed by atoms with van der Waals surface area (Å²) < 4.78 is 23.4. The number of nitrogens with zero attached hydrogens (tertiary/aromatic N) is 4. The molecule has 0 bridgehead atoms. The quantitative estimate of drug-likeness (QED) is 0.626. The Morgan fingerprint density at radius 2 is 2.21 bits per heavy atom. The third-order valence-corrected chi connectivity index (χ3v) is 4.06. The first kappa shape index (κ1) is 17.8. The maximum Gasteiger partial charge on any atom is 0.273 e. The van der Waals surface area contributed by atoms with E-state index < -0.39 is 0 Å². The highest BCUT2D eigenvalue weighted by Gasteiger charge is 2.16. The molecule has 0 saturated carbocycles. The van der Waals surface area contributed by atoms with Gasteiger partial charge in [0.1, 0.15) is 18.3 Å². The van der Waals surface area contributed by atoms with E-state index in [0.717, 1.165) is 13.0 Å². The van der Waals surface area contributed by atoms with Gasteiger partial charge in [-0.25, -0.2) is 4.98 Å². The smallest absolute Gasteiger partial charge is 0.273 e. The molecule has 1 aliphatic heterocycles. The van der Waals surface area contributed by atoms with E-state index in [1.165, 1.54) is 6.26 Å². The van der Waals surface area contributed by atoms with Crippen LogP contribution < -0.4 is 19.5 Å². The average molecular weight is 385 g/mol. The Bertz CT molecular complexity index is 967. The van der Waals surface area contributed by atoms with E-state index in [1.807, 2.05) is 4.57 Å². The zero-order chi connectivity index (χ0) is 19.3. The van der Waals surface area contributed by atoms with Gasteiger partial charge in [0.05, 0.1) is 6.54 Å². The Labute approximate surface area is 160 Å². The Morgan fingerprint density at radius 3 is 3.11 bits per heavy atom. The van der Waals surface area contributed by atoms with Gasteiger partial charge in [0, 0.05) is 12.6 Å². The van der Waals surface area contributed by atoms with Crippen LogP contribution in [-0.2, 0) is 19.7 Å². The number of benzene rings is 1. The second-order valence-electron chi connectivity index (χ2n) is 6.05. The van der Waals surface area contributed by atoms with Crippen LogP contribution in [0.5, 0.6) is 17.2 Å². The molecule has 10 nitrogen and oxygen atoms in total. The molecular formula is C18H19N5O5.